The fraction of sp³-hybridized carbons (Fsp3) is 0. The summed E-state index contributed by atoms with van der Waals surface area (Å²) in [7, 11) is 0. The Morgan fingerprint density at radius 3 is 2.64 bits per heavy atom. The predicted octanol–water partition coefficient (Wildman–Crippen LogP) is 2.97. The molecule has 3 rings (SSSR count). The molecule has 3 aromatic rings. The van der Waals surface area contributed by atoms with Crippen molar-refractivity contribution < 1.29 is 4.92 Å². The molecule has 0 unspecified atom stereocenters. The van der Waals surface area contributed by atoms with Gasteiger partial charge in [-0.15, -0.1) is 0 Å². The lowest BCUT2D eigenvalue weighted by Crippen LogP contribution is -2.06. The van der Waals surface area contributed by atoms with Gasteiger partial charge in [-0.1, -0.05) is 11.6 Å². The summed E-state index contributed by atoms with van der Waals surface area (Å²) >= 11 is 5.82. The number of halogens is 1. The Morgan fingerprint density at radius 1 is 1.23 bits per heavy atom. The van der Waals surface area contributed by atoms with Crippen molar-refractivity contribution in [1.82, 2.24) is 19.5 Å². The largest absolute Gasteiger partial charge is 0.354 e. The molecule has 2 heterocycles. The fourth-order valence-corrected chi connectivity index (χ4v) is 2.00. The van der Waals surface area contributed by atoms with Crippen LogP contribution >= 0.6 is 11.6 Å². The summed E-state index contributed by atoms with van der Waals surface area (Å²) in [6, 6.07) is 6.75. The van der Waals surface area contributed by atoms with Crippen LogP contribution in [0.1, 0.15) is 0 Å². The Labute approximate surface area is 129 Å². The number of nitro groups is 1. The van der Waals surface area contributed by atoms with Gasteiger partial charge in [0, 0.05) is 23.1 Å². The van der Waals surface area contributed by atoms with E-state index >= 15 is 0 Å². The first kappa shape index (κ1) is 14.0. The summed E-state index contributed by atoms with van der Waals surface area (Å²) in [5.41, 5.74) is 0.387. The topological polar surface area (TPSA) is 98.8 Å². The molecule has 9 heteroatoms. The van der Waals surface area contributed by atoms with Crippen molar-refractivity contribution >= 4 is 28.8 Å². The molecule has 8 nitrogen and oxygen atoms in total. The maximum atomic E-state index is 11.4. The molecule has 0 saturated carbocycles. The molecule has 0 aliphatic rings. The highest BCUT2D eigenvalue weighted by Crippen LogP contribution is 2.30. The van der Waals surface area contributed by atoms with Crippen LogP contribution in [-0.4, -0.2) is 24.4 Å². The number of aromatic nitrogens is 4. The molecule has 0 amide bonds. The van der Waals surface area contributed by atoms with Gasteiger partial charge in [0.15, 0.2) is 0 Å². The Bertz CT molecular complexity index is 804. The maximum absolute atomic E-state index is 11.4. The summed E-state index contributed by atoms with van der Waals surface area (Å²) in [4.78, 5) is 22.7. The Balaban J connectivity index is 2.06. The van der Waals surface area contributed by atoms with Gasteiger partial charge >= 0.3 is 5.69 Å². The summed E-state index contributed by atoms with van der Waals surface area (Å²) in [6.07, 6.45) is 5.77. The van der Waals surface area contributed by atoms with E-state index in [9.17, 15) is 10.1 Å². The number of imidazole rings is 1. The first-order chi connectivity index (χ1) is 10.6. The number of nitrogens with one attached hydrogen (secondary N) is 1. The zero-order chi connectivity index (χ0) is 15.5. The van der Waals surface area contributed by atoms with E-state index in [0.717, 1.165) is 0 Å². The minimum absolute atomic E-state index is 0.0889. The van der Waals surface area contributed by atoms with Crippen LogP contribution in [0.4, 0.5) is 17.2 Å². The number of benzene rings is 1. The van der Waals surface area contributed by atoms with E-state index in [1.807, 2.05) is 0 Å². The first-order valence-corrected chi connectivity index (χ1v) is 6.53. The van der Waals surface area contributed by atoms with Crippen LogP contribution in [0.2, 0.25) is 5.02 Å². The molecule has 0 saturated heterocycles. The highest BCUT2D eigenvalue weighted by Gasteiger charge is 2.24. The van der Waals surface area contributed by atoms with Gasteiger partial charge in [0.2, 0.25) is 11.6 Å². The SMILES string of the molecule is O=[N+]([O-])c1c(Nc2ccc(Cl)cc2)ncnc1-n1ccnc1. The van der Waals surface area contributed by atoms with E-state index in [1.165, 1.54) is 23.4 Å². The second kappa shape index (κ2) is 5.78. The molecule has 1 aromatic carbocycles. The van der Waals surface area contributed by atoms with Gasteiger partial charge in [-0.3, -0.25) is 14.7 Å². The second-order valence-electron chi connectivity index (χ2n) is 4.25. The lowest BCUT2D eigenvalue weighted by Gasteiger charge is -2.08. The van der Waals surface area contributed by atoms with Crippen molar-refractivity contribution in [2.24, 2.45) is 0 Å². The standard InChI is InChI=1S/C13H9ClN6O2/c14-9-1-3-10(4-2-9)18-12-11(20(21)22)13(17-7-16-12)19-6-5-15-8-19/h1-8H,(H,16,17,18). The normalized spacial score (nSPS) is 10.4. The second-order valence-corrected chi connectivity index (χ2v) is 4.69. The van der Waals surface area contributed by atoms with Crippen molar-refractivity contribution in [1.29, 1.82) is 0 Å². The van der Waals surface area contributed by atoms with Crippen LogP contribution < -0.4 is 5.32 Å². The van der Waals surface area contributed by atoms with Gasteiger partial charge in [0.1, 0.15) is 12.7 Å². The van der Waals surface area contributed by atoms with E-state index in [2.05, 4.69) is 20.3 Å². The monoisotopic (exact) mass is 316 g/mol. The van der Waals surface area contributed by atoms with Crippen molar-refractivity contribution in [2.75, 3.05) is 5.32 Å². The predicted molar refractivity (Wildman–Crippen MR) is 80.5 cm³/mol. The molecule has 0 aliphatic carbocycles. The van der Waals surface area contributed by atoms with Crippen molar-refractivity contribution in [3.63, 3.8) is 0 Å². The molecule has 0 fully saturated rings. The Hall–Kier alpha value is -3.00. The van der Waals surface area contributed by atoms with Crippen LogP contribution in [-0.2, 0) is 0 Å². The first-order valence-electron chi connectivity index (χ1n) is 6.15. The van der Waals surface area contributed by atoms with E-state index in [1.54, 1.807) is 30.5 Å². The summed E-state index contributed by atoms with van der Waals surface area (Å²) in [5.74, 6) is 0.222. The minimum Gasteiger partial charge on any atom is -0.334 e. The molecule has 2 aromatic heterocycles. The molecule has 22 heavy (non-hydrogen) atoms. The van der Waals surface area contributed by atoms with E-state index in [4.69, 9.17) is 11.6 Å². The summed E-state index contributed by atoms with van der Waals surface area (Å²) in [6.45, 7) is 0. The molecular weight excluding hydrogens is 308 g/mol. The fourth-order valence-electron chi connectivity index (χ4n) is 1.87. The molecule has 0 bridgehead atoms. The maximum Gasteiger partial charge on any atom is 0.354 e. The average Bonchev–Trinajstić information content (AvgIpc) is 3.03. The zero-order valence-electron chi connectivity index (χ0n) is 11.0. The molecule has 0 radical (unpaired) electrons. The van der Waals surface area contributed by atoms with Crippen molar-refractivity contribution in [3.8, 4) is 5.82 Å². The van der Waals surface area contributed by atoms with Gasteiger partial charge in [-0.05, 0) is 24.3 Å². The quantitative estimate of drug-likeness (QED) is 0.587. The van der Waals surface area contributed by atoms with E-state index < -0.39 is 4.92 Å². The highest BCUT2D eigenvalue weighted by atomic mass is 35.5. The van der Waals surface area contributed by atoms with Gasteiger partial charge in [-0.2, -0.15) is 0 Å². The number of nitrogens with zero attached hydrogens (tertiary/aromatic N) is 5. The lowest BCUT2D eigenvalue weighted by atomic mass is 10.3. The van der Waals surface area contributed by atoms with Gasteiger partial charge in [0.25, 0.3) is 0 Å². The molecule has 0 spiro atoms. The number of hydrogen-bond acceptors (Lipinski definition) is 6. The zero-order valence-corrected chi connectivity index (χ0v) is 11.8. The highest BCUT2D eigenvalue weighted by molar-refractivity contribution is 6.30. The number of anilines is 2. The third kappa shape index (κ3) is 2.72. The molecular formula is C13H9ClN6O2. The number of rotatable bonds is 4. The smallest absolute Gasteiger partial charge is 0.334 e. The van der Waals surface area contributed by atoms with Crippen LogP contribution in [0.15, 0.2) is 49.3 Å². The summed E-state index contributed by atoms with van der Waals surface area (Å²) < 4.78 is 1.45. The van der Waals surface area contributed by atoms with Crippen molar-refractivity contribution in [2.45, 2.75) is 0 Å². The summed E-state index contributed by atoms with van der Waals surface area (Å²) in [5, 5.41) is 14.9. The minimum atomic E-state index is -0.534. The molecule has 1 N–H and O–H groups in total. The van der Waals surface area contributed by atoms with Gasteiger partial charge < -0.3 is 5.32 Å². The van der Waals surface area contributed by atoms with Gasteiger partial charge in [0.05, 0.1) is 4.92 Å². The average molecular weight is 317 g/mol. The molecule has 0 aliphatic heterocycles. The van der Waals surface area contributed by atoms with Crippen LogP contribution in [0, 0.1) is 10.1 Å². The van der Waals surface area contributed by atoms with E-state index in [-0.39, 0.29) is 17.3 Å². The van der Waals surface area contributed by atoms with Gasteiger partial charge in [-0.25, -0.2) is 15.0 Å². The third-order valence-corrected chi connectivity index (χ3v) is 3.09. The van der Waals surface area contributed by atoms with Crippen LogP contribution in [0.5, 0.6) is 0 Å². The molecule has 0 atom stereocenters. The number of hydrogen-bond donors (Lipinski definition) is 1. The lowest BCUT2D eigenvalue weighted by molar-refractivity contribution is -0.384. The third-order valence-electron chi connectivity index (χ3n) is 2.84. The van der Waals surface area contributed by atoms with Crippen molar-refractivity contribution in [3.05, 3.63) is 64.5 Å². The Morgan fingerprint density at radius 2 is 2.00 bits per heavy atom. The van der Waals surface area contributed by atoms with Crippen LogP contribution in [0.3, 0.4) is 0 Å². The molecule has 110 valence electrons. The Kier molecular flexibility index (Phi) is 3.67. The van der Waals surface area contributed by atoms with Crippen LogP contribution in [0.25, 0.3) is 5.82 Å². The van der Waals surface area contributed by atoms with E-state index in [0.29, 0.717) is 10.7 Å².